The Morgan fingerprint density at radius 3 is 2.46 bits per heavy atom. The number of benzene rings is 1. The molecule has 26 heavy (non-hydrogen) atoms. The molecule has 4 rings (SSSR count). The Kier molecular flexibility index (Phi) is 4.37. The Morgan fingerprint density at radius 1 is 0.962 bits per heavy atom. The first-order chi connectivity index (χ1) is 12.8. The second-order valence-corrected chi connectivity index (χ2v) is 5.84. The molecule has 6 heteroatoms. The molecule has 0 radical (unpaired) electrons. The molecule has 3 heterocycles. The lowest BCUT2D eigenvalue weighted by Gasteiger charge is -2.32. The van der Waals surface area contributed by atoms with E-state index in [1.807, 2.05) is 54.6 Å². The molecule has 0 aliphatic carbocycles. The third-order valence-electron chi connectivity index (χ3n) is 4.15. The van der Waals surface area contributed by atoms with Crippen LogP contribution in [0.5, 0.6) is 0 Å². The molecule has 0 saturated heterocycles. The van der Waals surface area contributed by atoms with Gasteiger partial charge in [0, 0.05) is 18.8 Å². The van der Waals surface area contributed by atoms with Gasteiger partial charge in [-0.25, -0.2) is 5.43 Å². The predicted molar refractivity (Wildman–Crippen MR) is 99.1 cm³/mol. The summed E-state index contributed by atoms with van der Waals surface area (Å²) in [5.41, 5.74) is 7.18. The lowest BCUT2D eigenvalue weighted by atomic mass is 10.0. The van der Waals surface area contributed by atoms with Gasteiger partial charge in [-0.1, -0.05) is 24.3 Å². The van der Waals surface area contributed by atoms with Crippen LogP contribution >= 0.6 is 0 Å². The Hall–Kier alpha value is -3.56. The SMILES string of the molecule is N#Cc1ccccc1N1N=C(c2ccccn2)CC(c2ccccn2)N1. The van der Waals surface area contributed by atoms with Crippen molar-refractivity contribution in [2.75, 3.05) is 5.12 Å². The first-order valence-electron chi connectivity index (χ1n) is 8.30. The molecule has 0 fully saturated rings. The van der Waals surface area contributed by atoms with Gasteiger partial charge in [-0.15, -0.1) is 0 Å². The highest BCUT2D eigenvalue weighted by atomic mass is 15.7. The van der Waals surface area contributed by atoms with Crippen molar-refractivity contribution in [3.63, 3.8) is 0 Å². The number of hydrazone groups is 1. The van der Waals surface area contributed by atoms with Gasteiger partial charge in [-0.05, 0) is 36.4 Å². The Labute approximate surface area is 151 Å². The van der Waals surface area contributed by atoms with Crippen molar-refractivity contribution in [3.8, 4) is 6.07 Å². The van der Waals surface area contributed by atoms with E-state index in [0.717, 1.165) is 17.1 Å². The summed E-state index contributed by atoms with van der Waals surface area (Å²) in [5.74, 6) is 0. The van der Waals surface area contributed by atoms with E-state index in [1.165, 1.54) is 0 Å². The lowest BCUT2D eigenvalue weighted by Crippen LogP contribution is -2.43. The van der Waals surface area contributed by atoms with Crippen molar-refractivity contribution in [2.45, 2.75) is 12.5 Å². The summed E-state index contributed by atoms with van der Waals surface area (Å²) in [6, 6.07) is 21.1. The van der Waals surface area contributed by atoms with Crippen molar-refractivity contribution >= 4 is 11.4 Å². The van der Waals surface area contributed by atoms with Gasteiger partial charge >= 0.3 is 0 Å². The zero-order chi connectivity index (χ0) is 17.8. The zero-order valence-electron chi connectivity index (χ0n) is 13.9. The maximum absolute atomic E-state index is 9.44. The fourth-order valence-electron chi connectivity index (χ4n) is 2.90. The van der Waals surface area contributed by atoms with Crippen LogP contribution in [-0.2, 0) is 0 Å². The fourth-order valence-corrected chi connectivity index (χ4v) is 2.90. The molecule has 1 N–H and O–H groups in total. The Morgan fingerprint density at radius 2 is 1.73 bits per heavy atom. The molecule has 1 atom stereocenters. The van der Waals surface area contributed by atoms with Crippen LogP contribution in [0, 0.1) is 11.3 Å². The lowest BCUT2D eigenvalue weighted by molar-refractivity contribution is 0.490. The minimum Gasteiger partial charge on any atom is -0.260 e. The van der Waals surface area contributed by atoms with Crippen LogP contribution in [0.15, 0.2) is 78.2 Å². The largest absolute Gasteiger partial charge is 0.260 e. The molecule has 1 aliphatic rings. The first-order valence-corrected chi connectivity index (χ1v) is 8.30. The maximum atomic E-state index is 9.44. The van der Waals surface area contributed by atoms with Crippen LogP contribution in [0.4, 0.5) is 5.69 Å². The maximum Gasteiger partial charge on any atom is 0.101 e. The molecular formula is C20H16N6. The molecule has 0 spiro atoms. The number of rotatable bonds is 3. The molecule has 1 aliphatic heterocycles. The zero-order valence-corrected chi connectivity index (χ0v) is 13.9. The quantitative estimate of drug-likeness (QED) is 0.792. The summed E-state index contributed by atoms with van der Waals surface area (Å²) in [6.45, 7) is 0. The average Bonchev–Trinajstić information content (AvgIpc) is 2.74. The van der Waals surface area contributed by atoms with E-state index in [0.29, 0.717) is 17.7 Å². The summed E-state index contributed by atoms with van der Waals surface area (Å²) in [6.07, 6.45) is 4.18. The number of nitriles is 1. The van der Waals surface area contributed by atoms with Crippen molar-refractivity contribution in [1.29, 1.82) is 5.26 Å². The number of hydrazine groups is 1. The highest BCUT2D eigenvalue weighted by Gasteiger charge is 2.26. The van der Waals surface area contributed by atoms with Crippen LogP contribution < -0.4 is 10.5 Å². The molecule has 0 amide bonds. The van der Waals surface area contributed by atoms with Crippen molar-refractivity contribution in [1.82, 2.24) is 15.4 Å². The van der Waals surface area contributed by atoms with Crippen molar-refractivity contribution < 1.29 is 0 Å². The summed E-state index contributed by atoms with van der Waals surface area (Å²) < 4.78 is 0. The predicted octanol–water partition coefficient (Wildman–Crippen LogP) is 3.21. The van der Waals surface area contributed by atoms with E-state index in [4.69, 9.17) is 5.10 Å². The minimum atomic E-state index is -0.0718. The molecule has 1 unspecified atom stereocenters. The van der Waals surface area contributed by atoms with Crippen LogP contribution in [0.2, 0.25) is 0 Å². The van der Waals surface area contributed by atoms with E-state index < -0.39 is 0 Å². The second-order valence-electron chi connectivity index (χ2n) is 5.84. The number of anilines is 1. The molecule has 2 aromatic heterocycles. The number of aromatic nitrogens is 2. The Balaban J connectivity index is 1.78. The van der Waals surface area contributed by atoms with Gasteiger partial charge < -0.3 is 0 Å². The highest BCUT2D eigenvalue weighted by Crippen LogP contribution is 2.27. The molecule has 0 bridgehead atoms. The van der Waals surface area contributed by atoms with Gasteiger partial charge in [-0.3, -0.25) is 9.97 Å². The number of nitrogens with zero attached hydrogens (tertiary/aromatic N) is 5. The highest BCUT2D eigenvalue weighted by molar-refractivity contribution is 6.00. The fraction of sp³-hybridized carbons (Fsp3) is 0.100. The van der Waals surface area contributed by atoms with Crippen LogP contribution in [0.25, 0.3) is 0 Å². The second kappa shape index (κ2) is 7.13. The molecular weight excluding hydrogens is 324 g/mol. The number of hydrogen-bond donors (Lipinski definition) is 1. The van der Waals surface area contributed by atoms with Gasteiger partial charge in [0.25, 0.3) is 0 Å². The van der Waals surface area contributed by atoms with Crippen LogP contribution in [-0.4, -0.2) is 15.7 Å². The summed E-state index contributed by atoms with van der Waals surface area (Å²) in [4.78, 5) is 8.90. The van der Waals surface area contributed by atoms with E-state index in [-0.39, 0.29) is 6.04 Å². The Bertz CT molecular complexity index is 962. The van der Waals surface area contributed by atoms with E-state index in [1.54, 1.807) is 23.6 Å². The number of para-hydroxylation sites is 1. The van der Waals surface area contributed by atoms with Crippen LogP contribution in [0.1, 0.15) is 29.4 Å². The summed E-state index contributed by atoms with van der Waals surface area (Å²) >= 11 is 0. The smallest absolute Gasteiger partial charge is 0.101 e. The van der Waals surface area contributed by atoms with Crippen molar-refractivity contribution in [3.05, 3.63) is 90.0 Å². The first kappa shape index (κ1) is 15.9. The normalized spacial score (nSPS) is 16.7. The third-order valence-corrected chi connectivity index (χ3v) is 4.15. The third kappa shape index (κ3) is 3.16. The van der Waals surface area contributed by atoms with Gasteiger partial charge in [0.2, 0.25) is 0 Å². The molecule has 3 aromatic rings. The number of hydrogen-bond acceptors (Lipinski definition) is 6. The van der Waals surface area contributed by atoms with Crippen LogP contribution in [0.3, 0.4) is 0 Å². The monoisotopic (exact) mass is 340 g/mol. The number of nitrogens with one attached hydrogen (secondary N) is 1. The molecule has 126 valence electrons. The number of pyridine rings is 2. The van der Waals surface area contributed by atoms with Gasteiger partial charge in [0.05, 0.1) is 34.4 Å². The average molecular weight is 340 g/mol. The van der Waals surface area contributed by atoms with Crippen molar-refractivity contribution in [2.24, 2.45) is 5.10 Å². The molecule has 1 aromatic carbocycles. The van der Waals surface area contributed by atoms with E-state index >= 15 is 0 Å². The standard InChI is InChI=1S/C20H16N6/c21-14-15-7-1-2-10-20(15)26-24-18(16-8-3-5-11-22-16)13-19(25-26)17-9-4-6-12-23-17/h1-12,18,24H,13H2. The topological polar surface area (TPSA) is 77.2 Å². The van der Waals surface area contributed by atoms with Gasteiger partial charge in [0.15, 0.2) is 0 Å². The summed E-state index contributed by atoms with van der Waals surface area (Å²) in [5, 5.41) is 15.8. The van der Waals surface area contributed by atoms with Gasteiger partial charge in [0.1, 0.15) is 6.07 Å². The summed E-state index contributed by atoms with van der Waals surface area (Å²) in [7, 11) is 0. The minimum absolute atomic E-state index is 0.0718. The van der Waals surface area contributed by atoms with Gasteiger partial charge in [-0.2, -0.15) is 15.5 Å². The molecule has 6 nitrogen and oxygen atoms in total. The van der Waals surface area contributed by atoms with E-state index in [9.17, 15) is 5.26 Å². The van der Waals surface area contributed by atoms with E-state index in [2.05, 4.69) is 21.5 Å². The molecule has 0 saturated carbocycles.